The third-order valence-electron chi connectivity index (χ3n) is 0. The fraction of sp³-hybridized carbons (Fsp3) is 0. The molecule has 0 aromatic heterocycles. The van der Waals surface area contributed by atoms with E-state index in [2.05, 4.69) is 0 Å². The Balaban J connectivity index is 0. The summed E-state index contributed by atoms with van der Waals surface area (Å²) in [6, 6.07) is 0. The van der Waals surface area contributed by atoms with Crippen molar-refractivity contribution in [2.45, 2.75) is 0 Å². The molecule has 1 unspecified atom stereocenters. The number of rotatable bonds is 0. The van der Waals surface area contributed by atoms with E-state index in [0.717, 1.165) is 0 Å². The van der Waals surface area contributed by atoms with Crippen LogP contribution in [0.2, 0.25) is 0 Å². The van der Waals surface area contributed by atoms with Crippen molar-refractivity contribution < 1.29 is 34.1 Å². The van der Waals surface area contributed by atoms with Gasteiger partial charge >= 0.3 is 0 Å². The van der Waals surface area contributed by atoms with Crippen LogP contribution in [0.3, 0.4) is 0 Å². The standard InChI is InChI=1S/Cu.Fe.H3P.Sn/h;;1H3;. The van der Waals surface area contributed by atoms with E-state index in [4.69, 9.17) is 0 Å². The molecule has 0 heterocycles. The molecule has 5 radical (unpaired) electrons. The molecule has 31 valence electrons. The second-order valence-electron chi connectivity index (χ2n) is 0. The summed E-state index contributed by atoms with van der Waals surface area (Å²) >= 11 is 0. The summed E-state index contributed by atoms with van der Waals surface area (Å²) in [6.07, 6.45) is 0. The van der Waals surface area contributed by atoms with Crippen LogP contribution in [0.4, 0.5) is 0 Å². The summed E-state index contributed by atoms with van der Waals surface area (Å²) in [5, 5.41) is 0. The van der Waals surface area contributed by atoms with Gasteiger partial charge in [0, 0.05) is 58.0 Å². The predicted octanol–water partition coefficient (Wildman–Crippen LogP) is -0.328. The van der Waals surface area contributed by atoms with Crippen molar-refractivity contribution in [2.75, 3.05) is 0 Å². The van der Waals surface area contributed by atoms with Gasteiger partial charge in [-0.3, -0.25) is 0 Å². The van der Waals surface area contributed by atoms with Crippen molar-refractivity contribution in [2.24, 2.45) is 0 Å². The fourth-order valence-corrected chi connectivity index (χ4v) is 0. The first-order valence-electron chi connectivity index (χ1n) is 0. The van der Waals surface area contributed by atoms with Crippen LogP contribution in [-0.4, -0.2) is 23.9 Å². The van der Waals surface area contributed by atoms with E-state index in [1.165, 1.54) is 0 Å². The summed E-state index contributed by atoms with van der Waals surface area (Å²) in [5.41, 5.74) is 0. The normalized spacial score (nSPS) is 0. The van der Waals surface area contributed by atoms with E-state index in [1.54, 1.807) is 0 Å². The summed E-state index contributed by atoms with van der Waals surface area (Å²) in [6.45, 7) is 0. The molecule has 0 N–H and O–H groups in total. The Morgan fingerprint density at radius 3 is 1.00 bits per heavy atom. The average molecular weight is 272 g/mol. The van der Waals surface area contributed by atoms with Gasteiger partial charge in [0.2, 0.25) is 0 Å². The second kappa shape index (κ2) is 18.7. The van der Waals surface area contributed by atoms with Crippen LogP contribution >= 0.6 is 9.90 Å². The van der Waals surface area contributed by atoms with Gasteiger partial charge in [0.1, 0.15) is 0 Å². The van der Waals surface area contributed by atoms with Crippen LogP contribution in [-0.2, 0) is 34.1 Å². The van der Waals surface area contributed by atoms with Gasteiger partial charge in [0.05, 0.1) is 0 Å². The maximum Gasteiger partial charge on any atom is 0 e. The van der Waals surface area contributed by atoms with Crippen LogP contribution in [0.25, 0.3) is 0 Å². The van der Waals surface area contributed by atoms with Crippen molar-refractivity contribution in [1.82, 2.24) is 0 Å². The van der Waals surface area contributed by atoms with E-state index >= 15 is 0 Å². The topological polar surface area (TPSA) is 0 Å². The van der Waals surface area contributed by atoms with Crippen molar-refractivity contribution in [3.8, 4) is 0 Å². The summed E-state index contributed by atoms with van der Waals surface area (Å²) in [7, 11) is 0. The van der Waals surface area contributed by atoms with Crippen LogP contribution < -0.4 is 0 Å². The largest absolute Gasteiger partial charge is 0.153 e. The van der Waals surface area contributed by atoms with Gasteiger partial charge in [-0.2, -0.15) is 9.90 Å². The van der Waals surface area contributed by atoms with Gasteiger partial charge in [0.25, 0.3) is 0 Å². The molecular weight excluding hydrogens is 269 g/mol. The van der Waals surface area contributed by atoms with Gasteiger partial charge in [-0.1, -0.05) is 0 Å². The zero-order chi connectivity index (χ0) is 0. The molecule has 0 nitrogen and oxygen atoms in total. The van der Waals surface area contributed by atoms with Crippen molar-refractivity contribution in [3.63, 3.8) is 0 Å². The minimum atomic E-state index is 0. The molecule has 0 aliphatic rings. The fourth-order valence-electron chi connectivity index (χ4n) is 0. The van der Waals surface area contributed by atoms with E-state index in [1.807, 2.05) is 0 Å². The van der Waals surface area contributed by atoms with E-state index in [0.29, 0.717) is 0 Å². The Bertz CT molecular complexity index is 8.00. The Hall–Kier alpha value is 2.27. The molecule has 0 fully saturated rings. The quantitative estimate of drug-likeness (QED) is 0.418. The Kier molecular flexibility index (Phi) is 158. The summed E-state index contributed by atoms with van der Waals surface area (Å²) < 4.78 is 0. The van der Waals surface area contributed by atoms with Gasteiger partial charge in [-0.25, -0.2) is 0 Å². The molecule has 0 aliphatic heterocycles. The first-order chi connectivity index (χ1) is 0. The summed E-state index contributed by atoms with van der Waals surface area (Å²) in [4.78, 5) is 0. The first kappa shape index (κ1) is 33.8. The molecule has 4 heavy (non-hydrogen) atoms. The molecule has 0 amide bonds. The Morgan fingerprint density at radius 1 is 1.00 bits per heavy atom. The van der Waals surface area contributed by atoms with E-state index < -0.39 is 0 Å². The van der Waals surface area contributed by atoms with Crippen LogP contribution in [0.5, 0.6) is 0 Å². The second-order valence-corrected chi connectivity index (χ2v) is 0. The Morgan fingerprint density at radius 2 is 1.00 bits per heavy atom. The van der Waals surface area contributed by atoms with Crippen molar-refractivity contribution >= 4 is 33.8 Å². The zero-order valence-electron chi connectivity index (χ0n) is 1.86. The molecule has 0 aliphatic carbocycles. The van der Waals surface area contributed by atoms with Gasteiger partial charge in [0.15, 0.2) is 0 Å². The zero-order valence-corrected chi connectivity index (χ0v) is 8.18. The van der Waals surface area contributed by atoms with Crippen molar-refractivity contribution in [3.05, 3.63) is 0 Å². The maximum atomic E-state index is 0. The minimum absolute atomic E-state index is 0. The van der Waals surface area contributed by atoms with E-state index in [9.17, 15) is 0 Å². The maximum absolute atomic E-state index is 0. The molecule has 0 bridgehead atoms. The van der Waals surface area contributed by atoms with Gasteiger partial charge in [-0.15, -0.1) is 0 Å². The van der Waals surface area contributed by atoms with Crippen LogP contribution in [0.15, 0.2) is 0 Å². The molecule has 0 saturated carbocycles. The molecule has 0 spiro atoms. The molecule has 0 aromatic rings. The van der Waals surface area contributed by atoms with E-state index in [-0.39, 0.29) is 67.9 Å². The van der Waals surface area contributed by atoms with Gasteiger partial charge < -0.3 is 0 Å². The van der Waals surface area contributed by atoms with Crippen molar-refractivity contribution in [1.29, 1.82) is 0 Å². The SMILES string of the molecule is P.[Cu].[Fe].[Sn]. The average Bonchev–Trinajstić information content (AvgIpc) is 0. The minimum Gasteiger partial charge on any atom is -0.153 e. The molecule has 0 saturated heterocycles. The molecule has 0 rings (SSSR count). The molecular formula is H3CuFePSn. The predicted molar refractivity (Wildman–Crippen MR) is 16.9 cm³/mol. The Labute approximate surface area is 67.4 Å². The van der Waals surface area contributed by atoms with Crippen LogP contribution in [0.1, 0.15) is 0 Å². The third kappa shape index (κ3) is 8.86. The third-order valence-corrected chi connectivity index (χ3v) is 0. The number of hydrogen-bond acceptors (Lipinski definition) is 0. The summed E-state index contributed by atoms with van der Waals surface area (Å²) in [5.74, 6) is 0. The van der Waals surface area contributed by atoms with Crippen LogP contribution in [0, 0.1) is 0 Å². The molecule has 4 heteroatoms. The molecule has 1 atom stereocenters. The first-order valence-corrected chi connectivity index (χ1v) is 0. The monoisotopic (exact) mass is 273 g/mol. The van der Waals surface area contributed by atoms with Gasteiger partial charge in [-0.05, 0) is 0 Å². The number of hydrogen-bond donors (Lipinski definition) is 0. The smallest absolute Gasteiger partial charge is 0 e. The molecule has 0 aromatic carbocycles.